The predicted octanol–water partition coefficient (Wildman–Crippen LogP) is 3.33. The monoisotopic (exact) mass is 359 g/mol. The fourth-order valence-corrected chi connectivity index (χ4v) is 3.00. The molecule has 1 fully saturated rings. The van der Waals surface area contributed by atoms with Crippen LogP contribution in [0.2, 0.25) is 10.0 Å². The molecular weight excluding hydrogens is 341 g/mol. The number of hydrogen-bond acceptors (Lipinski definition) is 3. The quantitative estimate of drug-likeness (QED) is 0.791. The summed E-state index contributed by atoms with van der Waals surface area (Å²) in [6.45, 7) is 2.99. The van der Waals surface area contributed by atoms with E-state index in [4.69, 9.17) is 33.0 Å². The van der Waals surface area contributed by atoms with Crippen LogP contribution in [0.3, 0.4) is 0 Å². The Balaban J connectivity index is 1.75. The number of carbonyl (C=O) groups excluding carboxylic acids is 1. The normalized spacial score (nSPS) is 20.6. The van der Waals surface area contributed by atoms with Crippen LogP contribution in [-0.4, -0.2) is 41.6 Å². The topological polar surface area (TPSA) is 66.8 Å². The number of ether oxygens (including phenoxy) is 1. The maximum Gasteiger partial charge on any atom is 0.308 e. The average molecular weight is 360 g/mol. The molecule has 1 aliphatic heterocycles. The minimum atomic E-state index is -0.841. The number of aliphatic carboxylic acids is 1. The van der Waals surface area contributed by atoms with Crippen LogP contribution in [0.4, 0.5) is 0 Å². The van der Waals surface area contributed by atoms with Crippen molar-refractivity contribution in [3.63, 3.8) is 0 Å². The van der Waals surface area contributed by atoms with E-state index in [1.54, 1.807) is 23.1 Å². The first-order valence-corrected chi connectivity index (χ1v) is 8.23. The molecule has 0 spiro atoms. The van der Waals surface area contributed by atoms with Crippen LogP contribution >= 0.6 is 23.2 Å². The van der Waals surface area contributed by atoms with Crippen LogP contribution in [0, 0.1) is 11.8 Å². The molecule has 0 aromatic heterocycles. The zero-order chi connectivity index (χ0) is 17.0. The largest absolute Gasteiger partial charge is 0.492 e. The number of carbonyl (C=O) groups is 2. The first kappa shape index (κ1) is 17.9. The van der Waals surface area contributed by atoms with E-state index in [2.05, 4.69) is 0 Å². The lowest BCUT2D eigenvalue weighted by Crippen LogP contribution is -2.30. The van der Waals surface area contributed by atoms with Gasteiger partial charge in [-0.25, -0.2) is 0 Å². The van der Waals surface area contributed by atoms with E-state index in [-0.39, 0.29) is 18.4 Å². The number of rotatable bonds is 6. The highest BCUT2D eigenvalue weighted by Gasteiger charge is 2.36. The van der Waals surface area contributed by atoms with Crippen molar-refractivity contribution in [2.45, 2.75) is 19.8 Å². The maximum atomic E-state index is 12.1. The number of benzene rings is 1. The Bertz CT molecular complexity index is 593. The van der Waals surface area contributed by atoms with Gasteiger partial charge < -0.3 is 14.7 Å². The number of carboxylic acid groups (broad SMARTS) is 1. The molecule has 126 valence electrons. The summed E-state index contributed by atoms with van der Waals surface area (Å²) in [6, 6.07) is 5.13. The Kier molecular flexibility index (Phi) is 6.13. The second-order valence-electron chi connectivity index (χ2n) is 5.72. The third-order valence-electron chi connectivity index (χ3n) is 3.99. The van der Waals surface area contributed by atoms with E-state index in [1.165, 1.54) is 0 Å². The fraction of sp³-hybridized carbons (Fsp3) is 0.500. The second-order valence-corrected chi connectivity index (χ2v) is 6.51. The maximum absolute atomic E-state index is 12.1. The summed E-state index contributed by atoms with van der Waals surface area (Å²) in [7, 11) is 0. The van der Waals surface area contributed by atoms with Crippen LogP contribution in [0.15, 0.2) is 18.2 Å². The van der Waals surface area contributed by atoms with Gasteiger partial charge in [-0.15, -0.1) is 0 Å². The minimum absolute atomic E-state index is 0.0158. The van der Waals surface area contributed by atoms with Gasteiger partial charge in [0.2, 0.25) is 5.91 Å². The van der Waals surface area contributed by atoms with E-state index in [9.17, 15) is 9.59 Å². The van der Waals surface area contributed by atoms with Crippen molar-refractivity contribution in [3.05, 3.63) is 28.2 Å². The zero-order valence-corrected chi connectivity index (χ0v) is 14.3. The Labute approximate surface area is 145 Å². The SMILES string of the molecule is C[C@@H]1CN(C(=O)CCCOc2cccc(Cl)c2Cl)C[C@H]1C(=O)O. The molecule has 1 aliphatic rings. The number of hydrogen-bond donors (Lipinski definition) is 1. The van der Waals surface area contributed by atoms with E-state index in [1.807, 2.05) is 6.92 Å². The molecular formula is C16H19Cl2NO4. The molecule has 2 atom stereocenters. The van der Waals surface area contributed by atoms with Gasteiger partial charge in [0.15, 0.2) is 0 Å². The zero-order valence-electron chi connectivity index (χ0n) is 12.8. The lowest BCUT2D eigenvalue weighted by Gasteiger charge is -2.16. The fourth-order valence-electron chi connectivity index (χ4n) is 2.65. The molecule has 0 bridgehead atoms. The smallest absolute Gasteiger partial charge is 0.308 e. The Morgan fingerprint density at radius 1 is 1.35 bits per heavy atom. The highest BCUT2D eigenvalue weighted by Crippen LogP contribution is 2.31. The van der Waals surface area contributed by atoms with Gasteiger partial charge in [-0.1, -0.05) is 36.2 Å². The molecule has 1 saturated heterocycles. The summed E-state index contributed by atoms with van der Waals surface area (Å²) < 4.78 is 5.53. The third-order valence-corrected chi connectivity index (χ3v) is 4.79. The van der Waals surface area contributed by atoms with Crippen molar-refractivity contribution in [1.29, 1.82) is 0 Å². The Hall–Kier alpha value is -1.46. The molecule has 1 aromatic rings. The highest BCUT2D eigenvalue weighted by atomic mass is 35.5. The van der Waals surface area contributed by atoms with Crippen molar-refractivity contribution in [1.82, 2.24) is 4.90 Å². The van der Waals surface area contributed by atoms with Gasteiger partial charge in [-0.05, 0) is 24.5 Å². The Morgan fingerprint density at radius 3 is 2.74 bits per heavy atom. The van der Waals surface area contributed by atoms with Gasteiger partial charge in [0.1, 0.15) is 10.8 Å². The van der Waals surface area contributed by atoms with Gasteiger partial charge >= 0.3 is 5.97 Å². The van der Waals surface area contributed by atoms with Crippen LogP contribution in [0.25, 0.3) is 0 Å². The van der Waals surface area contributed by atoms with Crippen LogP contribution < -0.4 is 4.74 Å². The van der Waals surface area contributed by atoms with Crippen LogP contribution in [0.5, 0.6) is 5.75 Å². The Morgan fingerprint density at radius 2 is 2.09 bits per heavy atom. The van der Waals surface area contributed by atoms with Crippen molar-refractivity contribution >= 4 is 35.1 Å². The number of nitrogens with zero attached hydrogens (tertiary/aromatic N) is 1. The first-order valence-electron chi connectivity index (χ1n) is 7.47. The summed E-state index contributed by atoms with van der Waals surface area (Å²) in [5.74, 6) is -0.876. The summed E-state index contributed by atoms with van der Waals surface area (Å²) >= 11 is 11.9. The molecule has 0 aliphatic carbocycles. The lowest BCUT2D eigenvalue weighted by molar-refractivity contribution is -0.142. The second kappa shape index (κ2) is 7.88. The molecule has 0 saturated carbocycles. The van der Waals surface area contributed by atoms with Gasteiger partial charge in [-0.3, -0.25) is 9.59 Å². The van der Waals surface area contributed by atoms with Crippen LogP contribution in [-0.2, 0) is 9.59 Å². The van der Waals surface area contributed by atoms with Crippen molar-refractivity contribution < 1.29 is 19.4 Å². The number of halogens is 2. The van der Waals surface area contributed by atoms with Crippen molar-refractivity contribution in [2.24, 2.45) is 11.8 Å². The molecule has 2 rings (SSSR count). The molecule has 7 heteroatoms. The molecule has 5 nitrogen and oxygen atoms in total. The molecule has 23 heavy (non-hydrogen) atoms. The van der Waals surface area contributed by atoms with Gasteiger partial charge in [0, 0.05) is 19.5 Å². The summed E-state index contributed by atoms with van der Waals surface area (Å²) in [5.41, 5.74) is 0. The van der Waals surface area contributed by atoms with E-state index >= 15 is 0 Å². The number of amides is 1. The molecule has 0 radical (unpaired) electrons. The highest BCUT2D eigenvalue weighted by molar-refractivity contribution is 6.42. The predicted molar refractivity (Wildman–Crippen MR) is 88.1 cm³/mol. The number of likely N-dealkylation sites (tertiary alicyclic amines) is 1. The minimum Gasteiger partial charge on any atom is -0.492 e. The third kappa shape index (κ3) is 4.52. The first-order chi connectivity index (χ1) is 10.9. The average Bonchev–Trinajstić information content (AvgIpc) is 2.89. The number of carboxylic acids is 1. The summed E-state index contributed by atoms with van der Waals surface area (Å²) in [5, 5.41) is 9.87. The molecule has 0 unspecified atom stereocenters. The van der Waals surface area contributed by atoms with E-state index in [0.717, 1.165) is 0 Å². The van der Waals surface area contributed by atoms with Crippen molar-refractivity contribution in [2.75, 3.05) is 19.7 Å². The molecule has 1 amide bonds. The molecule has 1 N–H and O–H groups in total. The van der Waals surface area contributed by atoms with E-state index < -0.39 is 11.9 Å². The van der Waals surface area contributed by atoms with Gasteiger partial charge in [0.05, 0.1) is 17.5 Å². The molecule has 1 aromatic carbocycles. The lowest BCUT2D eigenvalue weighted by atomic mass is 9.99. The summed E-state index contributed by atoms with van der Waals surface area (Å²) in [6.07, 6.45) is 0.849. The molecule has 1 heterocycles. The van der Waals surface area contributed by atoms with Crippen LogP contribution in [0.1, 0.15) is 19.8 Å². The van der Waals surface area contributed by atoms with Gasteiger partial charge in [-0.2, -0.15) is 0 Å². The van der Waals surface area contributed by atoms with E-state index in [0.29, 0.717) is 41.8 Å². The van der Waals surface area contributed by atoms with Crippen molar-refractivity contribution in [3.8, 4) is 5.75 Å². The van der Waals surface area contributed by atoms with Gasteiger partial charge in [0.25, 0.3) is 0 Å². The standard InChI is InChI=1S/C16H19Cl2NO4/c1-10-8-19(9-11(10)16(21)22)14(20)6-3-7-23-13-5-2-4-12(17)15(13)18/h2,4-5,10-11H,3,6-9H2,1H3,(H,21,22)/t10-,11-/m1/s1. The summed E-state index contributed by atoms with van der Waals surface area (Å²) in [4.78, 5) is 24.8.